The van der Waals surface area contributed by atoms with Crippen LogP contribution in [0.4, 0.5) is 4.79 Å². The standard InChI is InChI=1S/C26H28N2O5/c1-2-3-13-22(24(29)28-15-8-14-23(28)25(30)31)27-26(32)33-16-21-19-11-6-4-9-17(19)18-10-5-7-12-20(18)21/h2,4-7,9-12,21-23H,1,3,8,13-16H2,(H,27,32)(H,30,31). The topological polar surface area (TPSA) is 95.9 Å². The molecule has 1 fully saturated rings. The van der Waals surface area contributed by atoms with Crippen molar-refractivity contribution in [3.8, 4) is 11.1 Å². The van der Waals surface area contributed by atoms with E-state index in [0.717, 1.165) is 22.3 Å². The summed E-state index contributed by atoms with van der Waals surface area (Å²) in [6.07, 6.45) is 2.85. The van der Waals surface area contributed by atoms with Crippen molar-refractivity contribution < 1.29 is 24.2 Å². The van der Waals surface area contributed by atoms with Gasteiger partial charge in [0.05, 0.1) is 0 Å². The first-order valence-electron chi connectivity index (χ1n) is 11.3. The van der Waals surface area contributed by atoms with Crippen molar-refractivity contribution in [1.82, 2.24) is 10.2 Å². The first-order chi connectivity index (χ1) is 16.0. The van der Waals surface area contributed by atoms with Gasteiger partial charge in [-0.15, -0.1) is 6.58 Å². The predicted octanol–water partition coefficient (Wildman–Crippen LogP) is 3.94. The number of carbonyl (C=O) groups is 3. The fourth-order valence-corrected chi connectivity index (χ4v) is 4.81. The van der Waals surface area contributed by atoms with Crippen LogP contribution in [0.5, 0.6) is 0 Å². The van der Waals surface area contributed by atoms with Crippen molar-refractivity contribution in [1.29, 1.82) is 0 Å². The molecule has 33 heavy (non-hydrogen) atoms. The average Bonchev–Trinajstić information content (AvgIpc) is 3.43. The lowest BCUT2D eigenvalue weighted by Gasteiger charge is -2.27. The van der Waals surface area contributed by atoms with Crippen LogP contribution in [0.25, 0.3) is 11.1 Å². The monoisotopic (exact) mass is 448 g/mol. The molecule has 0 aromatic heterocycles. The summed E-state index contributed by atoms with van der Waals surface area (Å²) in [6, 6.07) is 14.4. The van der Waals surface area contributed by atoms with E-state index in [1.54, 1.807) is 6.08 Å². The van der Waals surface area contributed by atoms with Crippen LogP contribution in [-0.4, -0.2) is 53.2 Å². The smallest absolute Gasteiger partial charge is 0.407 e. The minimum atomic E-state index is -1.02. The van der Waals surface area contributed by atoms with Crippen molar-refractivity contribution in [2.75, 3.05) is 13.2 Å². The first-order valence-corrected chi connectivity index (χ1v) is 11.3. The molecular weight excluding hydrogens is 420 g/mol. The van der Waals surface area contributed by atoms with Gasteiger partial charge in [-0.2, -0.15) is 0 Å². The molecule has 1 aliphatic heterocycles. The van der Waals surface area contributed by atoms with E-state index in [0.29, 0.717) is 32.2 Å². The number of carbonyl (C=O) groups excluding carboxylic acids is 2. The maximum atomic E-state index is 13.0. The Morgan fingerprint density at radius 2 is 1.76 bits per heavy atom. The number of allylic oxidation sites excluding steroid dienone is 1. The highest BCUT2D eigenvalue weighted by Crippen LogP contribution is 2.44. The Hall–Kier alpha value is -3.61. The third kappa shape index (κ3) is 4.62. The Labute approximate surface area is 193 Å². The quantitative estimate of drug-likeness (QED) is 0.597. The van der Waals surface area contributed by atoms with Crippen LogP contribution in [0, 0.1) is 0 Å². The maximum absolute atomic E-state index is 13.0. The van der Waals surface area contributed by atoms with Gasteiger partial charge >= 0.3 is 12.1 Å². The van der Waals surface area contributed by atoms with Crippen LogP contribution in [0.15, 0.2) is 61.2 Å². The van der Waals surface area contributed by atoms with Crippen LogP contribution in [0.2, 0.25) is 0 Å². The highest BCUT2D eigenvalue weighted by atomic mass is 16.5. The Balaban J connectivity index is 1.44. The molecule has 2 aliphatic rings. The van der Waals surface area contributed by atoms with E-state index in [2.05, 4.69) is 24.0 Å². The number of carboxylic acids is 1. The molecule has 2 aromatic rings. The van der Waals surface area contributed by atoms with E-state index < -0.39 is 30.1 Å². The van der Waals surface area contributed by atoms with Crippen LogP contribution in [-0.2, 0) is 14.3 Å². The average molecular weight is 449 g/mol. The fourth-order valence-electron chi connectivity index (χ4n) is 4.81. The minimum Gasteiger partial charge on any atom is -0.480 e. The van der Waals surface area contributed by atoms with E-state index in [9.17, 15) is 19.5 Å². The Morgan fingerprint density at radius 1 is 1.12 bits per heavy atom. The number of amides is 2. The molecule has 1 saturated heterocycles. The SMILES string of the molecule is C=CCCC(NC(=O)OCC1c2ccccc2-c2ccccc21)C(=O)N1CCCC1C(=O)O. The lowest BCUT2D eigenvalue weighted by atomic mass is 9.98. The molecule has 1 aliphatic carbocycles. The van der Waals surface area contributed by atoms with Gasteiger partial charge in [0.2, 0.25) is 5.91 Å². The normalized spacial score (nSPS) is 17.7. The number of ether oxygens (including phenoxy) is 1. The second kappa shape index (κ2) is 9.90. The first kappa shape index (κ1) is 22.6. The van der Waals surface area contributed by atoms with Gasteiger partial charge in [0.15, 0.2) is 0 Å². The Morgan fingerprint density at radius 3 is 2.36 bits per heavy atom. The molecule has 0 radical (unpaired) electrons. The summed E-state index contributed by atoms with van der Waals surface area (Å²) in [5.74, 6) is -1.50. The van der Waals surface area contributed by atoms with E-state index in [1.165, 1.54) is 4.90 Å². The molecule has 172 valence electrons. The van der Waals surface area contributed by atoms with Gasteiger partial charge in [-0.3, -0.25) is 4.79 Å². The molecule has 2 aromatic carbocycles. The third-order valence-corrected chi connectivity index (χ3v) is 6.41. The summed E-state index contributed by atoms with van der Waals surface area (Å²) >= 11 is 0. The lowest BCUT2D eigenvalue weighted by molar-refractivity contribution is -0.149. The highest BCUT2D eigenvalue weighted by molar-refractivity contribution is 5.89. The van der Waals surface area contributed by atoms with Gasteiger partial charge in [0, 0.05) is 12.5 Å². The molecule has 2 atom stereocenters. The van der Waals surface area contributed by atoms with E-state index in [1.807, 2.05) is 36.4 Å². The summed E-state index contributed by atoms with van der Waals surface area (Å²) in [6.45, 7) is 4.19. The number of nitrogens with one attached hydrogen (secondary N) is 1. The second-order valence-corrected chi connectivity index (χ2v) is 8.42. The van der Waals surface area contributed by atoms with E-state index in [4.69, 9.17) is 4.74 Å². The van der Waals surface area contributed by atoms with Crippen molar-refractivity contribution in [2.45, 2.75) is 43.7 Å². The number of rotatable bonds is 8. The van der Waals surface area contributed by atoms with Crippen LogP contribution in [0.3, 0.4) is 0 Å². The van der Waals surface area contributed by atoms with Crippen molar-refractivity contribution in [3.63, 3.8) is 0 Å². The molecule has 7 nitrogen and oxygen atoms in total. The van der Waals surface area contributed by atoms with Gasteiger partial charge in [-0.1, -0.05) is 54.6 Å². The summed E-state index contributed by atoms with van der Waals surface area (Å²) < 4.78 is 5.57. The van der Waals surface area contributed by atoms with Crippen molar-refractivity contribution in [2.24, 2.45) is 0 Å². The van der Waals surface area contributed by atoms with Gasteiger partial charge in [0.25, 0.3) is 0 Å². The fraction of sp³-hybridized carbons (Fsp3) is 0.346. The number of alkyl carbamates (subject to hydrolysis) is 1. The van der Waals surface area contributed by atoms with Crippen LogP contribution < -0.4 is 5.32 Å². The molecule has 2 amide bonds. The van der Waals surface area contributed by atoms with Crippen molar-refractivity contribution >= 4 is 18.0 Å². The number of carboxylic acid groups (broad SMARTS) is 1. The molecule has 2 unspecified atom stereocenters. The second-order valence-electron chi connectivity index (χ2n) is 8.42. The predicted molar refractivity (Wildman–Crippen MR) is 124 cm³/mol. The van der Waals surface area contributed by atoms with Gasteiger partial charge in [-0.25, -0.2) is 9.59 Å². The molecular formula is C26H28N2O5. The lowest BCUT2D eigenvalue weighted by Crippen LogP contribution is -2.51. The number of aliphatic carboxylic acids is 1. The summed E-state index contributed by atoms with van der Waals surface area (Å²) in [4.78, 5) is 38.6. The van der Waals surface area contributed by atoms with Crippen molar-refractivity contribution in [3.05, 3.63) is 72.3 Å². The largest absolute Gasteiger partial charge is 0.480 e. The van der Waals surface area contributed by atoms with Gasteiger partial charge in [-0.05, 0) is 47.9 Å². The molecule has 1 heterocycles. The third-order valence-electron chi connectivity index (χ3n) is 6.41. The van der Waals surface area contributed by atoms with Crippen LogP contribution >= 0.6 is 0 Å². The molecule has 4 rings (SSSR count). The molecule has 2 N–H and O–H groups in total. The van der Waals surface area contributed by atoms with Crippen LogP contribution in [0.1, 0.15) is 42.7 Å². The molecule has 0 bridgehead atoms. The highest BCUT2D eigenvalue weighted by Gasteiger charge is 2.37. The Bertz CT molecular complexity index is 1020. The summed E-state index contributed by atoms with van der Waals surface area (Å²) in [7, 11) is 0. The number of nitrogens with zero attached hydrogens (tertiary/aromatic N) is 1. The number of likely N-dealkylation sites (tertiary alicyclic amines) is 1. The zero-order valence-electron chi connectivity index (χ0n) is 18.4. The number of benzene rings is 2. The van der Waals surface area contributed by atoms with Gasteiger partial charge in [0.1, 0.15) is 18.7 Å². The van der Waals surface area contributed by atoms with E-state index in [-0.39, 0.29) is 12.5 Å². The number of hydrogen-bond donors (Lipinski definition) is 2. The van der Waals surface area contributed by atoms with E-state index >= 15 is 0 Å². The van der Waals surface area contributed by atoms with Gasteiger partial charge < -0.3 is 20.1 Å². The minimum absolute atomic E-state index is 0.0829. The molecule has 0 spiro atoms. The zero-order valence-corrected chi connectivity index (χ0v) is 18.4. The Kier molecular flexibility index (Phi) is 6.77. The number of fused-ring (bicyclic) bond motifs is 3. The molecule has 0 saturated carbocycles. The molecule has 7 heteroatoms. The maximum Gasteiger partial charge on any atom is 0.407 e. The number of hydrogen-bond acceptors (Lipinski definition) is 4. The zero-order chi connectivity index (χ0) is 23.4. The summed E-state index contributed by atoms with van der Waals surface area (Å²) in [5, 5.41) is 12.1. The summed E-state index contributed by atoms with van der Waals surface area (Å²) in [5.41, 5.74) is 4.48.